The van der Waals surface area contributed by atoms with Crippen LogP contribution in [0.25, 0.3) is 0 Å². The van der Waals surface area contributed by atoms with E-state index < -0.39 is 30.1 Å². The highest BCUT2D eigenvalue weighted by atomic mass is 32.2. The molecule has 0 atom stereocenters. The van der Waals surface area contributed by atoms with E-state index in [0.29, 0.717) is 4.90 Å². The van der Waals surface area contributed by atoms with Crippen LogP contribution in [0.1, 0.15) is 11.7 Å². The summed E-state index contributed by atoms with van der Waals surface area (Å²) in [5, 5.41) is 3.45. The molecule has 9 heteroatoms. The number of aromatic nitrogens is 2. The SMILES string of the molecule is O=C(Cc1nc(CSc2ccccc2F)no1)C(F)(F)F. The van der Waals surface area contributed by atoms with Crippen LogP contribution in [0.3, 0.4) is 0 Å². The summed E-state index contributed by atoms with van der Waals surface area (Å²) in [6.45, 7) is 0. The second-order valence-corrected chi connectivity index (χ2v) is 4.94. The Bertz CT molecular complexity index is 642. The quantitative estimate of drug-likeness (QED) is 0.625. The third-order valence-corrected chi connectivity index (χ3v) is 3.38. The first-order chi connectivity index (χ1) is 9.86. The minimum Gasteiger partial charge on any atom is -0.339 e. The number of carbonyl (C=O) groups excluding carboxylic acids is 1. The van der Waals surface area contributed by atoms with E-state index in [1.54, 1.807) is 12.1 Å². The lowest BCUT2D eigenvalue weighted by atomic mass is 10.3. The molecule has 0 N–H and O–H groups in total. The minimum absolute atomic E-state index is 0.0910. The van der Waals surface area contributed by atoms with E-state index in [1.807, 2.05) is 0 Å². The zero-order chi connectivity index (χ0) is 15.5. The zero-order valence-corrected chi connectivity index (χ0v) is 11.2. The van der Waals surface area contributed by atoms with Crippen molar-refractivity contribution in [1.29, 1.82) is 0 Å². The molecule has 0 saturated heterocycles. The Morgan fingerprint density at radius 3 is 2.67 bits per heavy atom. The topological polar surface area (TPSA) is 56.0 Å². The number of nitrogens with zero attached hydrogens (tertiary/aromatic N) is 2. The molecule has 1 heterocycles. The molecule has 0 aliphatic carbocycles. The van der Waals surface area contributed by atoms with Crippen molar-refractivity contribution in [3.05, 3.63) is 41.8 Å². The molecule has 0 unspecified atom stereocenters. The van der Waals surface area contributed by atoms with Crippen LogP contribution >= 0.6 is 11.8 Å². The maximum Gasteiger partial charge on any atom is 0.450 e. The number of hydrogen-bond donors (Lipinski definition) is 0. The fourth-order valence-electron chi connectivity index (χ4n) is 1.36. The Balaban J connectivity index is 1.95. The number of halogens is 4. The van der Waals surface area contributed by atoms with Crippen molar-refractivity contribution in [1.82, 2.24) is 10.1 Å². The fourth-order valence-corrected chi connectivity index (χ4v) is 2.14. The second kappa shape index (κ2) is 6.25. The molecule has 112 valence electrons. The molecule has 0 saturated carbocycles. The number of benzene rings is 1. The predicted molar refractivity (Wildman–Crippen MR) is 65.0 cm³/mol. The summed E-state index contributed by atoms with van der Waals surface area (Å²) in [7, 11) is 0. The molecular weight excluding hydrogens is 312 g/mol. The third kappa shape index (κ3) is 4.28. The number of hydrogen-bond acceptors (Lipinski definition) is 5. The lowest BCUT2D eigenvalue weighted by molar-refractivity contribution is -0.170. The van der Waals surface area contributed by atoms with Gasteiger partial charge in [0.2, 0.25) is 11.7 Å². The molecule has 0 bridgehead atoms. The summed E-state index contributed by atoms with van der Waals surface area (Å²) < 4.78 is 54.1. The van der Waals surface area contributed by atoms with E-state index in [9.17, 15) is 22.4 Å². The van der Waals surface area contributed by atoms with Crippen molar-refractivity contribution in [2.24, 2.45) is 0 Å². The largest absolute Gasteiger partial charge is 0.450 e. The average molecular weight is 320 g/mol. The summed E-state index contributed by atoms with van der Waals surface area (Å²) in [5.74, 6) is -2.59. The summed E-state index contributed by atoms with van der Waals surface area (Å²) in [6, 6.07) is 6.02. The van der Waals surface area contributed by atoms with Crippen molar-refractivity contribution < 1.29 is 26.9 Å². The van der Waals surface area contributed by atoms with E-state index >= 15 is 0 Å². The Morgan fingerprint density at radius 1 is 1.29 bits per heavy atom. The molecular formula is C12H8F4N2O2S. The van der Waals surface area contributed by atoms with Crippen LogP contribution in [0.15, 0.2) is 33.7 Å². The van der Waals surface area contributed by atoms with Gasteiger partial charge in [-0.2, -0.15) is 18.2 Å². The van der Waals surface area contributed by atoms with Crippen LogP contribution in [-0.2, 0) is 17.0 Å². The first kappa shape index (κ1) is 15.5. The molecule has 4 nitrogen and oxygen atoms in total. The van der Waals surface area contributed by atoms with Crippen molar-refractivity contribution in [2.45, 2.75) is 23.2 Å². The van der Waals surface area contributed by atoms with E-state index in [0.717, 1.165) is 11.8 Å². The van der Waals surface area contributed by atoms with Crippen molar-refractivity contribution >= 4 is 17.5 Å². The molecule has 1 aromatic carbocycles. The van der Waals surface area contributed by atoms with Crippen LogP contribution in [0.2, 0.25) is 0 Å². The molecule has 0 aliphatic heterocycles. The van der Waals surface area contributed by atoms with Crippen molar-refractivity contribution in [2.75, 3.05) is 0 Å². The van der Waals surface area contributed by atoms with Gasteiger partial charge in [0.25, 0.3) is 0 Å². The van der Waals surface area contributed by atoms with Gasteiger partial charge in [0.1, 0.15) is 5.82 Å². The molecule has 2 aromatic rings. The van der Waals surface area contributed by atoms with Crippen LogP contribution in [-0.4, -0.2) is 22.1 Å². The van der Waals surface area contributed by atoms with Crippen LogP contribution in [0.5, 0.6) is 0 Å². The van der Waals surface area contributed by atoms with Gasteiger partial charge in [-0.05, 0) is 12.1 Å². The molecule has 0 spiro atoms. The summed E-state index contributed by atoms with van der Waals surface area (Å²) in [4.78, 5) is 14.8. The molecule has 2 rings (SSSR count). The second-order valence-electron chi connectivity index (χ2n) is 3.92. The van der Waals surface area contributed by atoms with Gasteiger partial charge in [-0.1, -0.05) is 17.3 Å². The lowest BCUT2D eigenvalue weighted by Gasteiger charge is -2.01. The van der Waals surface area contributed by atoms with Crippen LogP contribution in [0.4, 0.5) is 17.6 Å². The van der Waals surface area contributed by atoms with Gasteiger partial charge < -0.3 is 4.52 Å². The van der Waals surface area contributed by atoms with Gasteiger partial charge in [-0.25, -0.2) is 4.39 Å². The average Bonchev–Trinajstić information content (AvgIpc) is 2.84. The highest BCUT2D eigenvalue weighted by Crippen LogP contribution is 2.24. The Kier molecular flexibility index (Phi) is 4.61. The van der Waals surface area contributed by atoms with Crippen LogP contribution in [0, 0.1) is 5.82 Å². The third-order valence-electron chi connectivity index (χ3n) is 2.33. The van der Waals surface area contributed by atoms with Gasteiger partial charge >= 0.3 is 6.18 Å². The molecule has 1 aromatic heterocycles. The summed E-state index contributed by atoms with van der Waals surface area (Å²) >= 11 is 1.07. The highest BCUT2D eigenvalue weighted by molar-refractivity contribution is 7.98. The number of rotatable bonds is 5. The number of alkyl halides is 3. The summed E-state index contributed by atoms with van der Waals surface area (Å²) in [5.41, 5.74) is 0. The van der Waals surface area contributed by atoms with Gasteiger partial charge in [0.15, 0.2) is 5.82 Å². The van der Waals surface area contributed by atoms with Gasteiger partial charge in [-0.3, -0.25) is 4.79 Å². The van der Waals surface area contributed by atoms with E-state index in [1.165, 1.54) is 12.1 Å². The van der Waals surface area contributed by atoms with E-state index in [2.05, 4.69) is 14.7 Å². The Hall–Kier alpha value is -1.90. The standard InChI is InChI=1S/C12H8F4N2O2S/c13-7-3-1-2-4-8(7)21-6-10-17-11(20-18-10)5-9(19)12(14,15)16/h1-4H,5-6H2. The molecule has 0 fully saturated rings. The smallest absolute Gasteiger partial charge is 0.339 e. The molecule has 21 heavy (non-hydrogen) atoms. The van der Waals surface area contributed by atoms with Crippen molar-refractivity contribution in [3.63, 3.8) is 0 Å². The maximum atomic E-state index is 13.3. The Labute approximate surface area is 120 Å². The summed E-state index contributed by atoms with van der Waals surface area (Å²) in [6.07, 6.45) is -5.93. The zero-order valence-electron chi connectivity index (χ0n) is 10.4. The highest BCUT2D eigenvalue weighted by Gasteiger charge is 2.39. The predicted octanol–water partition coefficient (Wildman–Crippen LogP) is 3.17. The number of ketones is 1. The molecule has 0 radical (unpaired) electrons. The first-order valence-corrected chi connectivity index (χ1v) is 6.63. The fraction of sp³-hybridized carbons (Fsp3) is 0.250. The maximum absolute atomic E-state index is 13.3. The normalized spacial score (nSPS) is 11.6. The monoisotopic (exact) mass is 320 g/mol. The van der Waals surface area contributed by atoms with Crippen LogP contribution < -0.4 is 0 Å². The number of carbonyl (C=O) groups is 1. The number of Topliss-reactive ketones (excluding diaryl/α,β-unsaturated/α-hetero) is 1. The van der Waals surface area contributed by atoms with Gasteiger partial charge in [0, 0.05) is 4.90 Å². The van der Waals surface area contributed by atoms with Gasteiger partial charge in [-0.15, -0.1) is 11.8 Å². The lowest BCUT2D eigenvalue weighted by Crippen LogP contribution is -2.24. The molecule has 0 aliphatic rings. The van der Waals surface area contributed by atoms with E-state index in [-0.39, 0.29) is 11.6 Å². The minimum atomic E-state index is -4.93. The first-order valence-electron chi connectivity index (χ1n) is 5.65. The number of thioether (sulfide) groups is 1. The van der Waals surface area contributed by atoms with E-state index in [4.69, 9.17) is 0 Å². The van der Waals surface area contributed by atoms with Gasteiger partial charge in [0.05, 0.1) is 12.2 Å². The van der Waals surface area contributed by atoms with Crippen molar-refractivity contribution in [3.8, 4) is 0 Å². The Morgan fingerprint density at radius 2 is 2.00 bits per heavy atom. The molecule has 0 amide bonds.